The second-order valence-corrected chi connectivity index (χ2v) is 5.48. The highest BCUT2D eigenvalue weighted by atomic mass is 16.6. The molecule has 2 aromatic rings. The quantitative estimate of drug-likeness (QED) is 0.679. The van der Waals surface area contributed by atoms with Crippen molar-refractivity contribution in [1.82, 2.24) is 9.88 Å². The van der Waals surface area contributed by atoms with Gasteiger partial charge in [0.05, 0.1) is 4.92 Å². The lowest BCUT2D eigenvalue weighted by Gasteiger charge is -2.17. The Hall–Kier alpha value is -2.47. The van der Waals surface area contributed by atoms with Crippen LogP contribution in [0.3, 0.4) is 0 Å². The standard InChI is InChI=1S/C16H18N4O2/c21-20(22)15-7-4-9-17-16(15)18-14-8-10-19(12-14)11-13-5-2-1-3-6-13/h1-7,9,14H,8,10-12H2,(H,17,18). The van der Waals surface area contributed by atoms with Crippen LogP contribution in [0.1, 0.15) is 12.0 Å². The summed E-state index contributed by atoms with van der Waals surface area (Å²) in [4.78, 5) is 17.1. The Morgan fingerprint density at radius 3 is 2.86 bits per heavy atom. The largest absolute Gasteiger partial charge is 0.360 e. The number of likely N-dealkylation sites (tertiary alicyclic amines) is 1. The highest BCUT2D eigenvalue weighted by Gasteiger charge is 2.25. The van der Waals surface area contributed by atoms with Gasteiger partial charge in [0.15, 0.2) is 0 Å². The van der Waals surface area contributed by atoms with Crippen LogP contribution in [-0.2, 0) is 6.54 Å². The number of anilines is 1. The van der Waals surface area contributed by atoms with E-state index in [1.54, 1.807) is 12.3 Å². The minimum Gasteiger partial charge on any atom is -0.360 e. The van der Waals surface area contributed by atoms with Crippen LogP contribution >= 0.6 is 0 Å². The van der Waals surface area contributed by atoms with Gasteiger partial charge in [-0.15, -0.1) is 0 Å². The fraction of sp³-hybridized carbons (Fsp3) is 0.312. The van der Waals surface area contributed by atoms with Crippen molar-refractivity contribution < 1.29 is 4.92 Å². The van der Waals surface area contributed by atoms with Gasteiger partial charge in [0, 0.05) is 37.9 Å². The van der Waals surface area contributed by atoms with Gasteiger partial charge in [0.25, 0.3) is 0 Å². The van der Waals surface area contributed by atoms with Crippen molar-refractivity contribution in [1.29, 1.82) is 0 Å². The lowest BCUT2D eigenvalue weighted by molar-refractivity contribution is -0.384. The monoisotopic (exact) mass is 298 g/mol. The van der Waals surface area contributed by atoms with Gasteiger partial charge in [-0.25, -0.2) is 4.98 Å². The van der Waals surface area contributed by atoms with E-state index in [2.05, 4.69) is 27.3 Å². The molecule has 1 aliphatic rings. The van der Waals surface area contributed by atoms with E-state index in [1.807, 2.05) is 18.2 Å². The van der Waals surface area contributed by atoms with Gasteiger partial charge in [-0.05, 0) is 18.1 Å². The summed E-state index contributed by atoms with van der Waals surface area (Å²) in [6.45, 7) is 2.75. The molecule has 6 nitrogen and oxygen atoms in total. The lowest BCUT2D eigenvalue weighted by atomic mass is 10.2. The molecule has 0 amide bonds. The van der Waals surface area contributed by atoms with E-state index in [-0.39, 0.29) is 11.7 Å². The summed E-state index contributed by atoms with van der Waals surface area (Å²) in [7, 11) is 0. The molecule has 0 aliphatic carbocycles. The Bertz CT molecular complexity index is 648. The molecule has 0 bridgehead atoms. The lowest BCUT2D eigenvalue weighted by Crippen LogP contribution is -2.26. The van der Waals surface area contributed by atoms with Crippen molar-refractivity contribution in [2.24, 2.45) is 0 Å². The number of hydrogen-bond donors (Lipinski definition) is 1. The van der Waals surface area contributed by atoms with Crippen LogP contribution in [0.15, 0.2) is 48.7 Å². The number of nitrogens with one attached hydrogen (secondary N) is 1. The molecular weight excluding hydrogens is 280 g/mol. The van der Waals surface area contributed by atoms with Crippen molar-refractivity contribution in [3.8, 4) is 0 Å². The third-order valence-electron chi connectivity index (χ3n) is 3.85. The molecule has 2 heterocycles. The minimum absolute atomic E-state index is 0.0315. The highest BCUT2D eigenvalue weighted by Crippen LogP contribution is 2.23. The maximum atomic E-state index is 11.0. The van der Waals surface area contributed by atoms with E-state index in [1.165, 1.54) is 11.6 Å². The summed E-state index contributed by atoms with van der Waals surface area (Å²) >= 11 is 0. The van der Waals surface area contributed by atoms with Crippen molar-refractivity contribution >= 4 is 11.5 Å². The Morgan fingerprint density at radius 1 is 1.27 bits per heavy atom. The number of rotatable bonds is 5. The molecule has 114 valence electrons. The summed E-state index contributed by atoms with van der Waals surface area (Å²) in [5, 5.41) is 14.2. The summed E-state index contributed by atoms with van der Waals surface area (Å²) in [6.07, 6.45) is 2.53. The van der Waals surface area contributed by atoms with Gasteiger partial charge in [-0.2, -0.15) is 0 Å². The molecule has 0 saturated carbocycles. The second-order valence-electron chi connectivity index (χ2n) is 5.48. The Morgan fingerprint density at radius 2 is 2.09 bits per heavy atom. The predicted molar refractivity (Wildman–Crippen MR) is 84.6 cm³/mol. The van der Waals surface area contributed by atoms with E-state index in [0.717, 1.165) is 26.1 Å². The number of nitrogens with zero attached hydrogens (tertiary/aromatic N) is 3. The molecule has 1 saturated heterocycles. The molecule has 22 heavy (non-hydrogen) atoms. The number of nitro groups is 1. The second kappa shape index (κ2) is 6.53. The fourth-order valence-electron chi connectivity index (χ4n) is 2.78. The summed E-state index contributed by atoms with van der Waals surface area (Å²) in [6, 6.07) is 13.6. The maximum Gasteiger partial charge on any atom is 0.311 e. The highest BCUT2D eigenvalue weighted by molar-refractivity contribution is 5.55. The zero-order valence-corrected chi connectivity index (χ0v) is 12.2. The van der Waals surface area contributed by atoms with Gasteiger partial charge < -0.3 is 5.32 Å². The fourth-order valence-corrected chi connectivity index (χ4v) is 2.78. The summed E-state index contributed by atoms with van der Waals surface area (Å²) in [5.74, 6) is 0.360. The number of benzene rings is 1. The van der Waals surface area contributed by atoms with Gasteiger partial charge in [0.1, 0.15) is 0 Å². The SMILES string of the molecule is O=[N+]([O-])c1cccnc1NC1CCN(Cc2ccccc2)C1. The number of pyridine rings is 1. The third kappa shape index (κ3) is 3.40. The zero-order valence-electron chi connectivity index (χ0n) is 12.2. The summed E-state index contributed by atoms with van der Waals surface area (Å²) < 4.78 is 0. The zero-order chi connectivity index (χ0) is 15.4. The van der Waals surface area contributed by atoms with Gasteiger partial charge in [-0.3, -0.25) is 15.0 Å². The first kappa shape index (κ1) is 14.5. The Kier molecular flexibility index (Phi) is 4.29. The number of hydrogen-bond acceptors (Lipinski definition) is 5. The average molecular weight is 298 g/mol. The topological polar surface area (TPSA) is 71.3 Å². The molecule has 1 fully saturated rings. The number of aromatic nitrogens is 1. The Balaban J connectivity index is 1.61. The first-order chi connectivity index (χ1) is 10.7. The van der Waals surface area contributed by atoms with Crippen LogP contribution in [0.25, 0.3) is 0 Å². The van der Waals surface area contributed by atoms with Crippen LogP contribution in [0.4, 0.5) is 11.5 Å². The van der Waals surface area contributed by atoms with E-state index >= 15 is 0 Å². The van der Waals surface area contributed by atoms with Gasteiger partial charge >= 0.3 is 5.69 Å². The molecule has 0 spiro atoms. The van der Waals surface area contributed by atoms with Crippen LogP contribution in [0, 0.1) is 10.1 Å². The smallest absolute Gasteiger partial charge is 0.311 e. The predicted octanol–water partition coefficient (Wildman–Crippen LogP) is 2.68. The minimum atomic E-state index is -0.397. The first-order valence-electron chi connectivity index (χ1n) is 7.34. The molecular formula is C16H18N4O2. The van der Waals surface area contributed by atoms with Crippen molar-refractivity contribution in [3.63, 3.8) is 0 Å². The van der Waals surface area contributed by atoms with Crippen LogP contribution in [-0.4, -0.2) is 33.9 Å². The van der Waals surface area contributed by atoms with Crippen LogP contribution in [0.5, 0.6) is 0 Å². The molecule has 1 N–H and O–H groups in total. The molecule has 0 radical (unpaired) electrons. The Labute approximate surface area is 128 Å². The molecule has 1 aromatic carbocycles. The van der Waals surface area contributed by atoms with E-state index in [0.29, 0.717) is 5.82 Å². The molecule has 1 aliphatic heterocycles. The summed E-state index contributed by atoms with van der Waals surface area (Å²) in [5.41, 5.74) is 1.32. The molecule has 1 aromatic heterocycles. The van der Waals surface area contributed by atoms with Gasteiger partial charge in [0.2, 0.25) is 5.82 Å². The molecule has 1 unspecified atom stereocenters. The normalized spacial score (nSPS) is 18.3. The van der Waals surface area contributed by atoms with E-state index < -0.39 is 4.92 Å². The molecule has 6 heteroatoms. The van der Waals surface area contributed by atoms with Crippen molar-refractivity contribution in [2.45, 2.75) is 19.0 Å². The van der Waals surface area contributed by atoms with Crippen molar-refractivity contribution in [3.05, 3.63) is 64.3 Å². The van der Waals surface area contributed by atoms with E-state index in [9.17, 15) is 10.1 Å². The van der Waals surface area contributed by atoms with E-state index in [4.69, 9.17) is 0 Å². The first-order valence-corrected chi connectivity index (χ1v) is 7.34. The molecule has 1 atom stereocenters. The van der Waals surface area contributed by atoms with Crippen LogP contribution in [0.2, 0.25) is 0 Å². The van der Waals surface area contributed by atoms with Crippen molar-refractivity contribution in [2.75, 3.05) is 18.4 Å². The molecule has 3 rings (SSSR count). The average Bonchev–Trinajstić information content (AvgIpc) is 2.96. The van der Waals surface area contributed by atoms with Crippen LogP contribution < -0.4 is 5.32 Å². The maximum absolute atomic E-state index is 11.0. The third-order valence-corrected chi connectivity index (χ3v) is 3.85. The van der Waals surface area contributed by atoms with Gasteiger partial charge in [-0.1, -0.05) is 30.3 Å².